The molecule has 0 saturated heterocycles. The molecule has 0 aromatic heterocycles. The minimum absolute atomic E-state index is 0.0619. The second kappa shape index (κ2) is 10.7. The SMILES string of the molecule is C=O.CCOC(=O)/C(=C/OC(O)C(C)=C(C)C)C1CCc2c(C)cccc21. The van der Waals surface area contributed by atoms with Crippen LogP contribution in [0.3, 0.4) is 0 Å². The van der Waals surface area contributed by atoms with Crippen molar-refractivity contribution in [1.29, 1.82) is 0 Å². The molecule has 0 aliphatic heterocycles. The second-order valence-corrected chi connectivity index (χ2v) is 6.70. The van der Waals surface area contributed by atoms with Crippen LogP contribution in [0.4, 0.5) is 0 Å². The maximum Gasteiger partial charge on any atom is 0.337 e. The normalized spacial score (nSPS) is 16.5. The van der Waals surface area contributed by atoms with Gasteiger partial charge in [-0.2, -0.15) is 0 Å². The largest absolute Gasteiger partial charge is 0.468 e. The molecule has 148 valence electrons. The molecule has 2 atom stereocenters. The topological polar surface area (TPSA) is 72.8 Å². The van der Waals surface area contributed by atoms with Crippen LogP contribution in [0.2, 0.25) is 0 Å². The molecular formula is C22H30O5. The van der Waals surface area contributed by atoms with Crippen molar-refractivity contribution < 1.29 is 24.2 Å². The first kappa shape index (κ1) is 22.6. The average Bonchev–Trinajstić information content (AvgIpc) is 3.08. The lowest BCUT2D eigenvalue weighted by atomic mass is 9.92. The minimum atomic E-state index is -1.06. The number of rotatable bonds is 6. The molecule has 1 aromatic rings. The van der Waals surface area contributed by atoms with Crippen molar-refractivity contribution in [3.8, 4) is 0 Å². The van der Waals surface area contributed by atoms with Crippen molar-refractivity contribution in [2.75, 3.05) is 6.61 Å². The number of aliphatic hydroxyl groups excluding tert-OH is 1. The number of aryl methyl sites for hydroxylation is 1. The van der Waals surface area contributed by atoms with Crippen molar-refractivity contribution in [1.82, 2.24) is 0 Å². The maximum atomic E-state index is 12.5. The average molecular weight is 374 g/mol. The molecule has 1 aliphatic rings. The highest BCUT2D eigenvalue weighted by Gasteiger charge is 2.31. The van der Waals surface area contributed by atoms with Gasteiger partial charge in [-0.3, -0.25) is 0 Å². The first-order chi connectivity index (χ1) is 12.9. The fourth-order valence-electron chi connectivity index (χ4n) is 3.13. The zero-order valence-corrected chi connectivity index (χ0v) is 16.9. The quantitative estimate of drug-likeness (QED) is 0.268. The Morgan fingerprint density at radius 2 is 2.00 bits per heavy atom. The first-order valence-electron chi connectivity index (χ1n) is 9.08. The Hall–Kier alpha value is -2.40. The molecule has 0 radical (unpaired) electrons. The summed E-state index contributed by atoms with van der Waals surface area (Å²) in [6, 6.07) is 6.16. The Morgan fingerprint density at radius 1 is 1.33 bits per heavy atom. The highest BCUT2D eigenvalue weighted by atomic mass is 16.6. The van der Waals surface area contributed by atoms with E-state index in [1.54, 1.807) is 6.92 Å². The van der Waals surface area contributed by atoms with Crippen molar-refractivity contribution >= 4 is 12.8 Å². The smallest absolute Gasteiger partial charge is 0.337 e. The summed E-state index contributed by atoms with van der Waals surface area (Å²) in [6.45, 7) is 11.8. The fourth-order valence-corrected chi connectivity index (χ4v) is 3.13. The van der Waals surface area contributed by atoms with Crippen LogP contribution in [0.15, 0.2) is 41.2 Å². The third kappa shape index (κ3) is 5.54. The van der Waals surface area contributed by atoms with Crippen LogP contribution in [0.1, 0.15) is 56.7 Å². The van der Waals surface area contributed by atoms with Gasteiger partial charge in [-0.05, 0) is 69.7 Å². The maximum absolute atomic E-state index is 12.5. The van der Waals surface area contributed by atoms with Crippen LogP contribution in [0, 0.1) is 6.92 Å². The Bertz CT molecular complexity index is 713. The van der Waals surface area contributed by atoms with E-state index in [9.17, 15) is 9.90 Å². The van der Waals surface area contributed by atoms with Gasteiger partial charge in [-0.15, -0.1) is 0 Å². The van der Waals surface area contributed by atoms with Gasteiger partial charge in [0.1, 0.15) is 6.79 Å². The zero-order valence-electron chi connectivity index (χ0n) is 16.9. The molecule has 0 heterocycles. The van der Waals surface area contributed by atoms with E-state index in [-0.39, 0.29) is 11.9 Å². The molecule has 0 amide bonds. The number of fused-ring (bicyclic) bond motifs is 1. The Labute approximate surface area is 161 Å². The van der Waals surface area contributed by atoms with E-state index in [0.29, 0.717) is 12.2 Å². The number of carbonyl (C=O) groups is 2. The van der Waals surface area contributed by atoms with Gasteiger partial charge < -0.3 is 19.4 Å². The third-order valence-corrected chi connectivity index (χ3v) is 4.87. The van der Waals surface area contributed by atoms with E-state index in [1.807, 2.05) is 33.6 Å². The molecule has 2 unspecified atom stereocenters. The first-order valence-corrected chi connectivity index (χ1v) is 9.08. The van der Waals surface area contributed by atoms with Crippen LogP contribution >= 0.6 is 0 Å². The summed E-state index contributed by atoms with van der Waals surface area (Å²) < 4.78 is 10.7. The lowest BCUT2D eigenvalue weighted by Gasteiger charge is -2.18. The third-order valence-electron chi connectivity index (χ3n) is 4.87. The van der Waals surface area contributed by atoms with E-state index >= 15 is 0 Å². The lowest BCUT2D eigenvalue weighted by molar-refractivity contribution is -0.139. The van der Waals surface area contributed by atoms with Crippen molar-refractivity contribution in [2.45, 2.75) is 59.7 Å². The van der Waals surface area contributed by atoms with E-state index in [1.165, 1.54) is 17.4 Å². The molecule has 2 rings (SSSR count). The molecule has 1 aliphatic carbocycles. The standard InChI is InChI=1S/C21H28O4.CH2O/c1-6-24-21(23)19(12-25-20(22)15(5)13(2)3)18-11-10-16-14(4)8-7-9-17(16)18;1-2/h7-9,12,18,20,22H,6,10-11H2,1-5H3;1H2/b19-12+;. The second-order valence-electron chi connectivity index (χ2n) is 6.70. The number of aliphatic hydroxyl groups is 1. The van der Waals surface area contributed by atoms with Crippen LogP contribution in [-0.4, -0.2) is 30.8 Å². The molecule has 5 nitrogen and oxygen atoms in total. The molecule has 1 aromatic carbocycles. The Kier molecular flexibility index (Phi) is 8.95. The molecular weight excluding hydrogens is 344 g/mol. The number of hydrogen-bond acceptors (Lipinski definition) is 5. The summed E-state index contributed by atoms with van der Waals surface area (Å²) >= 11 is 0. The zero-order chi connectivity index (χ0) is 20.6. The highest BCUT2D eigenvalue weighted by molar-refractivity contribution is 5.90. The Balaban J connectivity index is 0.00000176. The van der Waals surface area contributed by atoms with Crippen molar-refractivity contribution in [3.05, 3.63) is 57.9 Å². The molecule has 1 N–H and O–H groups in total. The number of esters is 1. The predicted octanol–water partition coefficient (Wildman–Crippen LogP) is 3.98. The predicted molar refractivity (Wildman–Crippen MR) is 105 cm³/mol. The number of carbonyl (C=O) groups excluding carboxylic acids is 2. The van der Waals surface area contributed by atoms with E-state index in [4.69, 9.17) is 14.3 Å². The summed E-state index contributed by atoms with van der Waals surface area (Å²) in [5, 5.41) is 10.2. The molecule has 27 heavy (non-hydrogen) atoms. The van der Waals surface area contributed by atoms with Crippen LogP contribution in [-0.2, 0) is 25.5 Å². The monoisotopic (exact) mass is 374 g/mol. The van der Waals surface area contributed by atoms with Gasteiger partial charge in [0.15, 0.2) is 0 Å². The molecule has 5 heteroatoms. The lowest BCUT2D eigenvalue weighted by Crippen LogP contribution is -2.17. The van der Waals surface area contributed by atoms with Gasteiger partial charge in [0.05, 0.1) is 18.4 Å². The van der Waals surface area contributed by atoms with Gasteiger partial charge in [0, 0.05) is 5.92 Å². The van der Waals surface area contributed by atoms with E-state index in [0.717, 1.165) is 29.6 Å². The number of hydrogen-bond donors (Lipinski definition) is 1. The molecule has 0 saturated carbocycles. The highest BCUT2D eigenvalue weighted by Crippen LogP contribution is 2.40. The number of ether oxygens (including phenoxy) is 2. The minimum Gasteiger partial charge on any atom is -0.468 e. The molecule has 0 bridgehead atoms. The van der Waals surface area contributed by atoms with Gasteiger partial charge in [-0.25, -0.2) is 4.79 Å². The summed E-state index contributed by atoms with van der Waals surface area (Å²) in [5.74, 6) is -0.447. The number of allylic oxidation sites excluding steroid dienone is 1. The summed E-state index contributed by atoms with van der Waals surface area (Å²) in [4.78, 5) is 20.5. The summed E-state index contributed by atoms with van der Waals surface area (Å²) in [6.07, 6.45) is 2.09. The fraction of sp³-hybridized carbons (Fsp3) is 0.455. The van der Waals surface area contributed by atoms with Gasteiger partial charge in [0.25, 0.3) is 0 Å². The number of benzene rings is 1. The van der Waals surface area contributed by atoms with Crippen LogP contribution in [0.25, 0.3) is 0 Å². The van der Waals surface area contributed by atoms with Gasteiger partial charge >= 0.3 is 5.97 Å². The van der Waals surface area contributed by atoms with Crippen molar-refractivity contribution in [3.63, 3.8) is 0 Å². The molecule has 0 spiro atoms. The Morgan fingerprint density at radius 3 is 2.59 bits per heavy atom. The van der Waals surface area contributed by atoms with Crippen molar-refractivity contribution in [2.24, 2.45) is 0 Å². The summed E-state index contributed by atoms with van der Waals surface area (Å²) in [7, 11) is 0. The van der Waals surface area contributed by atoms with Gasteiger partial charge in [-0.1, -0.05) is 23.8 Å². The van der Waals surface area contributed by atoms with Crippen LogP contribution < -0.4 is 0 Å². The summed E-state index contributed by atoms with van der Waals surface area (Å²) in [5.41, 5.74) is 5.87. The molecule has 0 fully saturated rings. The van der Waals surface area contributed by atoms with E-state index in [2.05, 4.69) is 19.1 Å². The van der Waals surface area contributed by atoms with E-state index < -0.39 is 6.29 Å². The van der Waals surface area contributed by atoms with Crippen LogP contribution in [0.5, 0.6) is 0 Å². The van der Waals surface area contributed by atoms with Gasteiger partial charge in [0.2, 0.25) is 6.29 Å².